The van der Waals surface area contributed by atoms with Crippen molar-refractivity contribution in [3.63, 3.8) is 0 Å². The third kappa shape index (κ3) is 4.99. The van der Waals surface area contributed by atoms with Crippen molar-refractivity contribution < 1.29 is 4.74 Å². The van der Waals surface area contributed by atoms with Gasteiger partial charge in [-0.25, -0.2) is 9.97 Å². The Morgan fingerprint density at radius 3 is 2.52 bits per heavy atom. The van der Waals surface area contributed by atoms with E-state index in [0.29, 0.717) is 12.4 Å². The van der Waals surface area contributed by atoms with E-state index in [4.69, 9.17) is 4.74 Å². The highest BCUT2D eigenvalue weighted by atomic mass is 79.9. The maximum atomic E-state index is 5.12. The molecule has 5 nitrogen and oxygen atoms in total. The minimum Gasteiger partial charge on any atom is -0.377 e. The van der Waals surface area contributed by atoms with Gasteiger partial charge in [-0.2, -0.15) is 0 Å². The van der Waals surface area contributed by atoms with Crippen LogP contribution in [0.15, 0.2) is 34.8 Å². The Labute approximate surface area is 133 Å². The van der Waals surface area contributed by atoms with E-state index in [9.17, 15) is 0 Å². The first-order valence-electron chi connectivity index (χ1n) is 6.84. The van der Waals surface area contributed by atoms with Gasteiger partial charge in [0.2, 0.25) is 0 Å². The quantitative estimate of drug-likeness (QED) is 0.791. The number of halogens is 1. The predicted octanol–water partition coefficient (Wildman–Crippen LogP) is 3.95. The highest BCUT2D eigenvalue weighted by Crippen LogP contribution is 2.20. The van der Waals surface area contributed by atoms with Gasteiger partial charge in [-0.05, 0) is 30.7 Å². The van der Waals surface area contributed by atoms with Gasteiger partial charge in [0.25, 0.3) is 0 Å². The number of hydrogen-bond donors (Lipinski definition) is 2. The fourth-order valence-electron chi connectivity index (χ4n) is 1.78. The molecule has 0 unspecified atom stereocenters. The molecule has 2 aromatic rings. The van der Waals surface area contributed by atoms with Gasteiger partial charge in [0.1, 0.15) is 18.2 Å². The maximum absolute atomic E-state index is 5.12. The van der Waals surface area contributed by atoms with Crippen LogP contribution in [0.2, 0.25) is 0 Å². The van der Waals surface area contributed by atoms with E-state index >= 15 is 0 Å². The normalized spacial score (nSPS) is 10.4. The smallest absolute Gasteiger partial charge is 0.158 e. The van der Waals surface area contributed by atoms with E-state index in [1.165, 1.54) is 0 Å². The summed E-state index contributed by atoms with van der Waals surface area (Å²) in [4.78, 5) is 8.87. The molecule has 0 saturated carbocycles. The fraction of sp³-hybridized carbons (Fsp3) is 0.333. The summed E-state index contributed by atoms with van der Waals surface area (Å²) in [7, 11) is 1.64. The second kappa shape index (κ2) is 7.95. The van der Waals surface area contributed by atoms with E-state index in [1.807, 2.05) is 30.3 Å². The van der Waals surface area contributed by atoms with Crippen molar-refractivity contribution in [1.82, 2.24) is 9.97 Å². The zero-order valence-electron chi connectivity index (χ0n) is 12.2. The van der Waals surface area contributed by atoms with Gasteiger partial charge in [-0.3, -0.25) is 0 Å². The molecule has 0 aliphatic rings. The van der Waals surface area contributed by atoms with Crippen LogP contribution in [0.1, 0.15) is 19.2 Å². The lowest BCUT2D eigenvalue weighted by molar-refractivity contribution is 0.178. The summed E-state index contributed by atoms with van der Waals surface area (Å²) in [5, 5.41) is 6.55. The summed E-state index contributed by atoms with van der Waals surface area (Å²) in [5.74, 6) is 2.20. The molecule has 21 heavy (non-hydrogen) atoms. The first-order chi connectivity index (χ1) is 10.2. The molecule has 6 heteroatoms. The summed E-state index contributed by atoms with van der Waals surface area (Å²) >= 11 is 3.42. The fourth-order valence-corrected chi connectivity index (χ4v) is 2.04. The number of rotatable bonds is 7. The minimum atomic E-state index is 0.386. The summed E-state index contributed by atoms with van der Waals surface area (Å²) in [5.41, 5.74) is 0.974. The molecule has 0 atom stereocenters. The lowest BCUT2D eigenvalue weighted by Crippen LogP contribution is -2.07. The van der Waals surface area contributed by atoms with Crippen molar-refractivity contribution in [2.45, 2.75) is 20.0 Å². The Balaban J connectivity index is 2.19. The Morgan fingerprint density at radius 2 is 1.86 bits per heavy atom. The van der Waals surface area contributed by atoms with Crippen LogP contribution in [-0.4, -0.2) is 23.6 Å². The molecule has 112 valence electrons. The largest absolute Gasteiger partial charge is 0.377 e. The number of benzene rings is 1. The summed E-state index contributed by atoms with van der Waals surface area (Å²) in [6.07, 6.45) is 1.04. The number of nitrogens with one attached hydrogen (secondary N) is 2. The highest BCUT2D eigenvalue weighted by Gasteiger charge is 2.05. The van der Waals surface area contributed by atoms with E-state index in [2.05, 4.69) is 43.5 Å². The second-order valence-corrected chi connectivity index (χ2v) is 5.46. The molecule has 0 fully saturated rings. The molecular weight excluding hydrogens is 332 g/mol. The molecule has 0 saturated heterocycles. The minimum absolute atomic E-state index is 0.386. The van der Waals surface area contributed by atoms with Gasteiger partial charge in [-0.15, -0.1) is 0 Å². The number of methoxy groups -OCH3 is 1. The zero-order valence-corrected chi connectivity index (χ0v) is 13.8. The Morgan fingerprint density at radius 1 is 1.14 bits per heavy atom. The molecular formula is C15H19BrN4O. The van der Waals surface area contributed by atoms with Crippen LogP contribution < -0.4 is 10.6 Å². The van der Waals surface area contributed by atoms with Crippen LogP contribution in [0.25, 0.3) is 0 Å². The van der Waals surface area contributed by atoms with Crippen molar-refractivity contribution >= 4 is 33.3 Å². The SMILES string of the molecule is CCCNc1cc(Nc2ccc(Br)cc2)nc(COC)n1. The van der Waals surface area contributed by atoms with Gasteiger partial charge in [0.05, 0.1) is 0 Å². The first-order valence-corrected chi connectivity index (χ1v) is 7.64. The number of nitrogens with zero attached hydrogens (tertiary/aromatic N) is 2. The van der Waals surface area contributed by atoms with Crippen LogP contribution in [0.3, 0.4) is 0 Å². The predicted molar refractivity (Wildman–Crippen MR) is 89.0 cm³/mol. The third-order valence-electron chi connectivity index (χ3n) is 2.72. The Kier molecular flexibility index (Phi) is 5.95. The van der Waals surface area contributed by atoms with Crippen molar-refractivity contribution in [3.8, 4) is 0 Å². The van der Waals surface area contributed by atoms with Gasteiger partial charge >= 0.3 is 0 Å². The van der Waals surface area contributed by atoms with Crippen molar-refractivity contribution in [2.75, 3.05) is 24.3 Å². The molecule has 2 N–H and O–H groups in total. The number of hydrogen-bond acceptors (Lipinski definition) is 5. The molecule has 2 rings (SSSR count). The summed E-state index contributed by atoms with van der Waals surface area (Å²) in [6.45, 7) is 3.38. The van der Waals surface area contributed by atoms with Crippen LogP contribution in [-0.2, 0) is 11.3 Å². The summed E-state index contributed by atoms with van der Waals surface area (Å²) in [6, 6.07) is 9.84. The zero-order chi connectivity index (χ0) is 15.1. The topological polar surface area (TPSA) is 59.1 Å². The van der Waals surface area contributed by atoms with E-state index in [-0.39, 0.29) is 0 Å². The van der Waals surface area contributed by atoms with Crippen LogP contribution in [0, 0.1) is 0 Å². The number of aromatic nitrogens is 2. The highest BCUT2D eigenvalue weighted by molar-refractivity contribution is 9.10. The molecule has 0 spiro atoms. The van der Waals surface area contributed by atoms with Crippen molar-refractivity contribution in [1.29, 1.82) is 0 Å². The molecule has 0 bridgehead atoms. The van der Waals surface area contributed by atoms with Gasteiger partial charge in [0, 0.05) is 29.9 Å². The first kappa shape index (κ1) is 15.7. The molecule has 1 heterocycles. The molecule has 0 aliphatic heterocycles. The number of anilines is 3. The Bertz CT molecular complexity index is 574. The monoisotopic (exact) mass is 350 g/mol. The molecule has 0 aliphatic carbocycles. The van der Waals surface area contributed by atoms with Gasteiger partial charge < -0.3 is 15.4 Å². The second-order valence-electron chi connectivity index (χ2n) is 4.55. The third-order valence-corrected chi connectivity index (χ3v) is 3.25. The molecule has 1 aromatic heterocycles. The lowest BCUT2D eigenvalue weighted by atomic mass is 10.3. The molecule has 0 amide bonds. The summed E-state index contributed by atoms with van der Waals surface area (Å²) < 4.78 is 6.16. The molecule has 0 radical (unpaired) electrons. The van der Waals surface area contributed by atoms with Gasteiger partial charge in [0.15, 0.2) is 5.82 Å². The number of ether oxygens (including phenoxy) is 1. The van der Waals surface area contributed by atoms with Gasteiger partial charge in [-0.1, -0.05) is 22.9 Å². The Hall–Kier alpha value is -1.66. The van der Waals surface area contributed by atoms with E-state index in [0.717, 1.165) is 34.8 Å². The lowest BCUT2D eigenvalue weighted by Gasteiger charge is -2.11. The van der Waals surface area contributed by atoms with Crippen LogP contribution in [0.4, 0.5) is 17.3 Å². The average molecular weight is 351 g/mol. The van der Waals surface area contributed by atoms with Crippen molar-refractivity contribution in [2.24, 2.45) is 0 Å². The van der Waals surface area contributed by atoms with Crippen molar-refractivity contribution in [3.05, 3.63) is 40.6 Å². The average Bonchev–Trinajstić information content (AvgIpc) is 2.48. The van der Waals surface area contributed by atoms with E-state index < -0.39 is 0 Å². The van der Waals surface area contributed by atoms with Crippen LogP contribution >= 0.6 is 15.9 Å². The maximum Gasteiger partial charge on any atom is 0.158 e. The molecule has 1 aromatic carbocycles. The van der Waals surface area contributed by atoms with E-state index in [1.54, 1.807) is 7.11 Å². The standard InChI is InChI=1S/C15H19BrN4O/c1-3-8-17-13-9-14(20-15(19-13)10-21-2)18-12-6-4-11(16)5-7-12/h4-7,9H,3,8,10H2,1-2H3,(H2,17,18,19,20). The van der Waals surface area contributed by atoms with Crippen LogP contribution in [0.5, 0.6) is 0 Å².